The molecule has 2 heterocycles. The van der Waals surface area contributed by atoms with Crippen LogP contribution in [-0.4, -0.2) is 49.9 Å². The van der Waals surface area contributed by atoms with E-state index in [1.54, 1.807) is 4.57 Å². The van der Waals surface area contributed by atoms with E-state index in [2.05, 4.69) is 15.0 Å². The maximum Gasteiger partial charge on any atom is 0.356 e. The van der Waals surface area contributed by atoms with Crippen LogP contribution in [0, 0.1) is 12.3 Å². The van der Waals surface area contributed by atoms with E-state index in [1.165, 1.54) is 6.33 Å². The van der Waals surface area contributed by atoms with Crippen LogP contribution in [0.15, 0.2) is 35.4 Å². The molecule has 0 saturated carbocycles. The first kappa shape index (κ1) is 28.1. The molecule has 0 aliphatic carbocycles. The molecular weight excluding hydrogens is 505 g/mol. The highest BCUT2D eigenvalue weighted by molar-refractivity contribution is 8.13. The number of ether oxygens (including phenoxy) is 1. The van der Waals surface area contributed by atoms with E-state index in [9.17, 15) is 14.2 Å². The molecule has 196 valence electrons. The maximum absolute atomic E-state index is 13.4. The lowest BCUT2D eigenvalue weighted by Crippen LogP contribution is -2.17. The highest BCUT2D eigenvalue weighted by Crippen LogP contribution is 2.49. The molecule has 1 unspecified atom stereocenters. The monoisotopic (exact) mass is 537 g/mol. The van der Waals surface area contributed by atoms with Gasteiger partial charge in [-0.3, -0.25) is 19.1 Å². The lowest BCUT2D eigenvalue weighted by atomic mass is 10.00. The minimum atomic E-state index is -3.63. The molecule has 3 aromatic rings. The number of nitrogens with zero attached hydrogens (tertiary/aromatic N) is 3. The molecule has 1 aromatic carbocycles. The number of aromatic amines is 1. The zero-order chi connectivity index (χ0) is 26.3. The third-order valence-corrected chi connectivity index (χ3v) is 7.83. The number of hydrogen-bond acceptors (Lipinski definition) is 10. The predicted molar refractivity (Wildman–Crippen MR) is 140 cm³/mol. The Morgan fingerprint density at radius 1 is 1.19 bits per heavy atom. The minimum Gasteiger partial charge on any atom is -0.369 e. The van der Waals surface area contributed by atoms with E-state index in [4.69, 9.17) is 19.5 Å². The van der Waals surface area contributed by atoms with E-state index < -0.39 is 18.6 Å². The lowest BCUT2D eigenvalue weighted by Gasteiger charge is -2.20. The summed E-state index contributed by atoms with van der Waals surface area (Å²) in [7, 11) is -3.63. The van der Waals surface area contributed by atoms with Crippen LogP contribution in [-0.2, 0) is 36.3 Å². The average Bonchev–Trinajstić information content (AvgIpc) is 3.21. The van der Waals surface area contributed by atoms with E-state index in [0.717, 1.165) is 22.9 Å². The van der Waals surface area contributed by atoms with Crippen LogP contribution in [0.1, 0.15) is 31.9 Å². The second-order valence-corrected chi connectivity index (χ2v) is 12.3. The van der Waals surface area contributed by atoms with Gasteiger partial charge in [0, 0.05) is 17.7 Å². The van der Waals surface area contributed by atoms with Gasteiger partial charge < -0.3 is 24.1 Å². The van der Waals surface area contributed by atoms with Gasteiger partial charge in [-0.15, -0.1) is 0 Å². The van der Waals surface area contributed by atoms with Gasteiger partial charge in [-0.25, -0.2) is 4.98 Å². The molecule has 0 radical (unpaired) electrons. The molecule has 0 aliphatic heterocycles. The Balaban J connectivity index is 1.58. The molecular formula is C23H32N5O6PS. The Labute approximate surface area is 213 Å². The number of nitrogens with one attached hydrogen (secondary N) is 1. The fourth-order valence-electron chi connectivity index (χ4n) is 2.97. The van der Waals surface area contributed by atoms with Gasteiger partial charge in [0.25, 0.3) is 5.56 Å². The zero-order valence-corrected chi connectivity index (χ0v) is 22.6. The number of rotatable bonds is 12. The number of aromatic nitrogens is 4. The molecule has 0 amide bonds. The molecule has 11 nitrogen and oxygen atoms in total. The van der Waals surface area contributed by atoms with Crippen LogP contribution in [0.5, 0.6) is 0 Å². The first-order valence-corrected chi connectivity index (χ1v) is 14.1. The van der Waals surface area contributed by atoms with Gasteiger partial charge >= 0.3 is 7.60 Å². The molecule has 0 fully saturated rings. The number of H-pyrrole nitrogens is 1. The third kappa shape index (κ3) is 8.01. The van der Waals surface area contributed by atoms with Gasteiger partial charge in [-0.2, -0.15) is 4.98 Å². The van der Waals surface area contributed by atoms with Crippen LogP contribution in [0.3, 0.4) is 0 Å². The molecule has 0 saturated heterocycles. The number of benzene rings is 1. The highest BCUT2D eigenvalue weighted by Gasteiger charge is 2.27. The van der Waals surface area contributed by atoms with Crippen LogP contribution < -0.4 is 11.3 Å². The molecule has 1 atom stereocenters. The molecule has 3 N–H and O–H groups in total. The largest absolute Gasteiger partial charge is 0.369 e. The van der Waals surface area contributed by atoms with Crippen molar-refractivity contribution in [3.05, 3.63) is 52.1 Å². The van der Waals surface area contributed by atoms with Crippen molar-refractivity contribution in [3.63, 3.8) is 0 Å². The van der Waals surface area contributed by atoms with Gasteiger partial charge in [-0.05, 0) is 12.5 Å². The van der Waals surface area contributed by atoms with Crippen molar-refractivity contribution < 1.29 is 23.1 Å². The SMILES string of the molecule is Cc1ccc(COP(=O)(COCCn2cnc3c(=O)[nH]c(N)nc32)OCCSC(=O)C(C)(C)C)cc1. The van der Waals surface area contributed by atoms with Gasteiger partial charge in [-0.1, -0.05) is 62.4 Å². The Morgan fingerprint density at radius 3 is 2.61 bits per heavy atom. The number of fused-ring (bicyclic) bond motifs is 1. The summed E-state index contributed by atoms with van der Waals surface area (Å²) < 4.78 is 32.0. The Morgan fingerprint density at radius 2 is 1.92 bits per heavy atom. The molecule has 3 rings (SSSR count). The number of nitrogen functional groups attached to an aromatic ring is 1. The predicted octanol–water partition coefficient (Wildman–Crippen LogP) is 3.72. The second-order valence-electron chi connectivity index (χ2n) is 9.19. The normalized spacial score (nSPS) is 13.7. The summed E-state index contributed by atoms with van der Waals surface area (Å²) in [6.07, 6.45) is 1.18. The van der Waals surface area contributed by atoms with E-state index in [0.29, 0.717) is 17.9 Å². The Hall–Kier alpha value is -2.50. The molecule has 0 bridgehead atoms. The number of aryl methyl sites for hydroxylation is 1. The number of hydrogen-bond donors (Lipinski definition) is 2. The van der Waals surface area contributed by atoms with Crippen LogP contribution in [0.25, 0.3) is 11.2 Å². The smallest absolute Gasteiger partial charge is 0.356 e. The second kappa shape index (κ2) is 12.2. The summed E-state index contributed by atoms with van der Waals surface area (Å²) >= 11 is 1.13. The number of anilines is 1. The van der Waals surface area contributed by atoms with Crippen molar-refractivity contribution in [1.82, 2.24) is 19.5 Å². The molecule has 36 heavy (non-hydrogen) atoms. The summed E-state index contributed by atoms with van der Waals surface area (Å²) in [5, 5.41) is 0.0263. The summed E-state index contributed by atoms with van der Waals surface area (Å²) in [6, 6.07) is 7.67. The van der Waals surface area contributed by atoms with Gasteiger partial charge in [0.2, 0.25) is 5.95 Å². The van der Waals surface area contributed by atoms with E-state index in [1.807, 2.05) is 52.0 Å². The molecule has 13 heteroatoms. The summed E-state index contributed by atoms with van der Waals surface area (Å²) in [6.45, 7) is 8.10. The van der Waals surface area contributed by atoms with Gasteiger partial charge in [0.15, 0.2) is 16.3 Å². The lowest BCUT2D eigenvalue weighted by molar-refractivity contribution is -0.117. The standard InChI is InChI=1S/C23H32N5O6PS/c1-16-5-7-17(8-6-16)13-34-35(31,33-11-12-36-21(30)23(2,3)4)15-32-10-9-28-14-25-18-19(28)26-22(24)27-20(18)29/h5-8,14H,9-13,15H2,1-4H3,(H3,24,26,27,29). The van der Waals surface area contributed by atoms with Crippen LogP contribution in [0.2, 0.25) is 0 Å². The third-order valence-electron chi connectivity index (χ3n) is 4.98. The molecule has 2 aromatic heterocycles. The minimum absolute atomic E-state index is 0.0135. The molecule has 0 spiro atoms. The topological polar surface area (TPSA) is 151 Å². The Bertz CT molecular complexity index is 1280. The van der Waals surface area contributed by atoms with Gasteiger partial charge in [0.05, 0.1) is 26.1 Å². The van der Waals surface area contributed by atoms with Crippen LogP contribution >= 0.6 is 19.4 Å². The molecule has 0 aliphatic rings. The number of carbonyl (C=O) groups is 1. The zero-order valence-electron chi connectivity index (χ0n) is 20.9. The van der Waals surface area contributed by atoms with Crippen molar-refractivity contribution >= 4 is 41.6 Å². The van der Waals surface area contributed by atoms with Crippen LogP contribution in [0.4, 0.5) is 5.95 Å². The van der Waals surface area contributed by atoms with Crippen molar-refractivity contribution in [2.45, 2.75) is 40.8 Å². The Kier molecular flexibility index (Phi) is 9.48. The number of carbonyl (C=O) groups excluding carboxylic acids is 1. The number of nitrogens with two attached hydrogens (primary N) is 1. The van der Waals surface area contributed by atoms with Gasteiger partial charge in [0.1, 0.15) is 6.35 Å². The first-order chi connectivity index (χ1) is 17.0. The van der Waals surface area contributed by atoms with E-state index in [-0.39, 0.29) is 42.7 Å². The fraction of sp³-hybridized carbons (Fsp3) is 0.478. The van der Waals surface area contributed by atoms with Crippen molar-refractivity contribution in [1.29, 1.82) is 0 Å². The average molecular weight is 538 g/mol. The van der Waals surface area contributed by atoms with Crippen molar-refractivity contribution in [2.75, 3.05) is 31.0 Å². The quantitative estimate of drug-likeness (QED) is 0.258. The van der Waals surface area contributed by atoms with Crippen molar-refractivity contribution in [2.24, 2.45) is 5.41 Å². The number of imidazole rings is 1. The summed E-state index contributed by atoms with van der Waals surface area (Å²) in [5.41, 5.74) is 7.17. The summed E-state index contributed by atoms with van der Waals surface area (Å²) in [4.78, 5) is 34.6. The fourth-order valence-corrected chi connectivity index (χ4v) is 5.17. The highest BCUT2D eigenvalue weighted by atomic mass is 32.2. The number of thioether (sulfide) groups is 1. The maximum atomic E-state index is 13.4. The summed E-state index contributed by atoms with van der Waals surface area (Å²) in [5.74, 6) is 0.330. The van der Waals surface area contributed by atoms with E-state index >= 15 is 0 Å². The van der Waals surface area contributed by atoms with Crippen molar-refractivity contribution in [3.8, 4) is 0 Å². The first-order valence-electron chi connectivity index (χ1n) is 11.4.